The molecule has 1 aliphatic rings. The van der Waals surface area contributed by atoms with Crippen LogP contribution in [0, 0.1) is 12.8 Å². The average molecular weight is 510 g/mol. The van der Waals surface area contributed by atoms with Gasteiger partial charge >= 0.3 is 0 Å². The van der Waals surface area contributed by atoms with Gasteiger partial charge in [0.15, 0.2) is 0 Å². The summed E-state index contributed by atoms with van der Waals surface area (Å²) < 4.78 is 5.55. The SMILES string of the molecule is COc1ccc(C)cc1CN1CCC(C(NC(=O)c2ccccn2)c2nccs2)CC1.Cl.Cl. The Morgan fingerprint density at radius 2 is 1.97 bits per heavy atom. The van der Waals surface area contributed by atoms with E-state index in [0.29, 0.717) is 11.6 Å². The van der Waals surface area contributed by atoms with Crippen LogP contribution in [-0.2, 0) is 6.54 Å². The highest BCUT2D eigenvalue weighted by molar-refractivity contribution is 7.09. The van der Waals surface area contributed by atoms with Crippen molar-refractivity contribution in [1.82, 2.24) is 20.2 Å². The molecule has 178 valence electrons. The topological polar surface area (TPSA) is 67.3 Å². The van der Waals surface area contributed by atoms with E-state index in [0.717, 1.165) is 43.2 Å². The van der Waals surface area contributed by atoms with Crippen LogP contribution >= 0.6 is 36.2 Å². The van der Waals surface area contributed by atoms with E-state index in [2.05, 4.69) is 39.2 Å². The van der Waals surface area contributed by atoms with Crippen molar-refractivity contribution in [2.75, 3.05) is 20.2 Å². The number of benzene rings is 1. The number of ether oxygens (including phenoxy) is 1. The Hall–Kier alpha value is -2.19. The van der Waals surface area contributed by atoms with Gasteiger partial charge in [-0.3, -0.25) is 14.7 Å². The van der Waals surface area contributed by atoms with Crippen LogP contribution in [0.2, 0.25) is 0 Å². The van der Waals surface area contributed by atoms with Crippen molar-refractivity contribution in [1.29, 1.82) is 0 Å². The van der Waals surface area contributed by atoms with Crippen molar-refractivity contribution in [2.45, 2.75) is 32.4 Å². The second-order valence-corrected chi connectivity index (χ2v) is 8.89. The molecule has 33 heavy (non-hydrogen) atoms. The van der Waals surface area contributed by atoms with Gasteiger partial charge in [0.25, 0.3) is 5.91 Å². The molecule has 0 spiro atoms. The Labute approximate surface area is 211 Å². The molecule has 0 saturated carbocycles. The van der Waals surface area contributed by atoms with E-state index in [4.69, 9.17) is 4.74 Å². The molecule has 1 aliphatic heterocycles. The summed E-state index contributed by atoms with van der Waals surface area (Å²) in [5, 5.41) is 6.13. The number of methoxy groups -OCH3 is 1. The van der Waals surface area contributed by atoms with Gasteiger partial charge in [-0.15, -0.1) is 36.2 Å². The number of hydrogen-bond acceptors (Lipinski definition) is 6. The van der Waals surface area contributed by atoms with Gasteiger partial charge in [0.2, 0.25) is 0 Å². The Kier molecular flexibility index (Phi) is 10.6. The van der Waals surface area contributed by atoms with Crippen LogP contribution in [0.15, 0.2) is 54.2 Å². The smallest absolute Gasteiger partial charge is 0.270 e. The van der Waals surface area contributed by atoms with Crippen LogP contribution in [0.5, 0.6) is 5.75 Å². The number of aryl methyl sites for hydroxylation is 1. The summed E-state index contributed by atoms with van der Waals surface area (Å²) >= 11 is 1.60. The molecule has 1 aromatic carbocycles. The van der Waals surface area contributed by atoms with E-state index in [1.807, 2.05) is 23.6 Å². The number of hydrogen-bond donors (Lipinski definition) is 1. The second-order valence-electron chi connectivity index (χ2n) is 7.97. The minimum absolute atomic E-state index is 0. The molecule has 9 heteroatoms. The summed E-state index contributed by atoms with van der Waals surface area (Å²) in [5.41, 5.74) is 2.90. The molecular weight excluding hydrogens is 479 g/mol. The number of nitrogens with zero attached hydrogens (tertiary/aromatic N) is 3. The van der Waals surface area contributed by atoms with E-state index in [9.17, 15) is 4.79 Å². The van der Waals surface area contributed by atoms with Gasteiger partial charge < -0.3 is 10.1 Å². The van der Waals surface area contributed by atoms with E-state index >= 15 is 0 Å². The highest BCUT2D eigenvalue weighted by Crippen LogP contribution is 2.33. The number of aromatic nitrogens is 2. The van der Waals surface area contributed by atoms with Crippen molar-refractivity contribution in [3.63, 3.8) is 0 Å². The van der Waals surface area contributed by atoms with Crippen LogP contribution in [0.3, 0.4) is 0 Å². The normalized spacial score (nSPS) is 15.1. The predicted molar refractivity (Wildman–Crippen MR) is 137 cm³/mol. The van der Waals surface area contributed by atoms with E-state index in [1.54, 1.807) is 36.9 Å². The van der Waals surface area contributed by atoms with Gasteiger partial charge in [-0.2, -0.15) is 0 Å². The standard InChI is InChI=1S/C24H28N4O2S.2ClH/c1-17-6-7-21(30-2)19(15-17)16-28-12-8-18(9-13-28)22(24-26-11-14-31-24)27-23(29)20-5-3-4-10-25-20;;/h3-7,10-11,14-15,18,22H,8-9,12-13,16H2,1-2H3,(H,27,29);2*1H. The highest BCUT2D eigenvalue weighted by Gasteiger charge is 2.31. The van der Waals surface area contributed by atoms with Gasteiger partial charge in [0, 0.05) is 29.9 Å². The second kappa shape index (κ2) is 12.9. The highest BCUT2D eigenvalue weighted by atomic mass is 35.5. The number of likely N-dealkylation sites (tertiary alicyclic amines) is 1. The zero-order valence-corrected chi connectivity index (χ0v) is 21.2. The van der Waals surface area contributed by atoms with E-state index in [-0.39, 0.29) is 36.8 Å². The Morgan fingerprint density at radius 1 is 1.18 bits per heavy atom. The Bertz CT molecular complexity index is 997. The molecule has 0 radical (unpaired) electrons. The molecule has 0 bridgehead atoms. The van der Waals surface area contributed by atoms with Crippen molar-refractivity contribution >= 4 is 42.1 Å². The molecule has 6 nitrogen and oxygen atoms in total. The summed E-state index contributed by atoms with van der Waals surface area (Å²) in [6.45, 7) is 4.93. The number of halogens is 2. The molecule has 1 N–H and O–H groups in total. The molecule has 1 fully saturated rings. The fourth-order valence-corrected chi connectivity index (χ4v) is 4.98. The lowest BCUT2D eigenvalue weighted by atomic mass is 9.89. The summed E-state index contributed by atoms with van der Waals surface area (Å²) in [5.74, 6) is 1.14. The number of piperidine rings is 1. The molecule has 3 heterocycles. The fraction of sp³-hybridized carbons (Fsp3) is 0.375. The molecule has 3 aromatic rings. The van der Waals surface area contributed by atoms with Crippen LogP contribution < -0.4 is 10.1 Å². The quantitative estimate of drug-likeness (QED) is 0.481. The van der Waals surface area contributed by atoms with Gasteiger partial charge in [0.1, 0.15) is 16.5 Å². The van der Waals surface area contributed by atoms with Crippen molar-refractivity contribution in [3.8, 4) is 5.75 Å². The summed E-state index contributed by atoms with van der Waals surface area (Å²) in [7, 11) is 1.73. The third kappa shape index (κ3) is 6.90. The number of pyridine rings is 1. The summed E-state index contributed by atoms with van der Waals surface area (Å²) in [4.78, 5) is 23.9. The molecule has 1 amide bonds. The molecule has 2 aromatic heterocycles. The van der Waals surface area contributed by atoms with Crippen molar-refractivity contribution in [2.24, 2.45) is 5.92 Å². The Balaban J connectivity index is 0.00000193. The largest absolute Gasteiger partial charge is 0.496 e. The first-order valence-electron chi connectivity index (χ1n) is 10.6. The zero-order valence-electron chi connectivity index (χ0n) is 18.8. The predicted octanol–water partition coefficient (Wildman–Crippen LogP) is 5.08. The molecule has 1 atom stereocenters. The maximum absolute atomic E-state index is 12.8. The van der Waals surface area contributed by atoms with Crippen LogP contribution in [0.4, 0.5) is 0 Å². The number of amides is 1. The first-order valence-corrected chi connectivity index (χ1v) is 11.5. The third-order valence-electron chi connectivity index (χ3n) is 5.84. The van der Waals surface area contributed by atoms with Crippen molar-refractivity contribution in [3.05, 3.63) is 76.0 Å². The number of thiazole rings is 1. The molecule has 0 aliphatic carbocycles. The maximum atomic E-state index is 12.8. The number of carbonyl (C=O) groups is 1. The first kappa shape index (κ1) is 27.1. The molecule has 4 rings (SSSR count). The first-order chi connectivity index (χ1) is 15.1. The van der Waals surface area contributed by atoms with Crippen molar-refractivity contribution < 1.29 is 9.53 Å². The number of nitrogens with one attached hydrogen (secondary N) is 1. The lowest BCUT2D eigenvalue weighted by molar-refractivity contribution is 0.0885. The number of rotatable bonds is 7. The number of carbonyl (C=O) groups excluding carboxylic acids is 1. The summed E-state index contributed by atoms with van der Waals surface area (Å²) in [6.07, 6.45) is 5.45. The summed E-state index contributed by atoms with van der Waals surface area (Å²) in [6, 6.07) is 11.6. The Morgan fingerprint density at radius 3 is 2.61 bits per heavy atom. The maximum Gasteiger partial charge on any atom is 0.270 e. The van der Waals surface area contributed by atoms with Gasteiger partial charge in [-0.25, -0.2) is 4.98 Å². The van der Waals surface area contributed by atoms with E-state index < -0.39 is 0 Å². The molecule has 1 unspecified atom stereocenters. The lowest BCUT2D eigenvalue weighted by Crippen LogP contribution is -2.40. The van der Waals surface area contributed by atoms with Crippen LogP contribution in [-0.4, -0.2) is 41.0 Å². The fourth-order valence-electron chi connectivity index (χ4n) is 4.20. The van der Waals surface area contributed by atoms with Crippen LogP contribution in [0.25, 0.3) is 0 Å². The minimum Gasteiger partial charge on any atom is -0.496 e. The van der Waals surface area contributed by atoms with Gasteiger partial charge in [-0.05, 0) is 57.0 Å². The molecule has 1 saturated heterocycles. The lowest BCUT2D eigenvalue weighted by Gasteiger charge is -2.36. The van der Waals surface area contributed by atoms with Gasteiger partial charge in [0.05, 0.1) is 13.2 Å². The third-order valence-corrected chi connectivity index (χ3v) is 6.69. The monoisotopic (exact) mass is 508 g/mol. The van der Waals surface area contributed by atoms with Gasteiger partial charge in [-0.1, -0.05) is 23.8 Å². The minimum atomic E-state index is -0.146. The molecular formula is C24H30Cl2N4O2S. The van der Waals surface area contributed by atoms with E-state index in [1.165, 1.54) is 11.1 Å². The zero-order chi connectivity index (χ0) is 21.6. The van der Waals surface area contributed by atoms with Crippen LogP contribution in [0.1, 0.15) is 45.5 Å². The average Bonchev–Trinajstić information content (AvgIpc) is 3.33.